The number of hydrogen-bond acceptors (Lipinski definition) is 3. The summed E-state index contributed by atoms with van der Waals surface area (Å²) in [5.74, 6) is -1.73. The third-order valence-corrected chi connectivity index (χ3v) is 3.80. The van der Waals surface area contributed by atoms with E-state index in [1.807, 2.05) is 37.3 Å². The van der Waals surface area contributed by atoms with Crippen LogP contribution in [-0.4, -0.2) is 46.7 Å². The molecule has 0 spiro atoms. The van der Waals surface area contributed by atoms with Gasteiger partial charge in [-0.05, 0) is 12.5 Å². The number of nitrogens with zero attached hydrogens (tertiary/aromatic N) is 2. The second kappa shape index (κ2) is 5.95. The molecule has 1 aliphatic heterocycles. The normalized spacial score (nSPS) is 22.0. The van der Waals surface area contributed by atoms with Gasteiger partial charge in [-0.15, -0.1) is 0 Å². The summed E-state index contributed by atoms with van der Waals surface area (Å²) in [6.07, 6.45) is 0. The number of carbonyl (C=O) groups is 3. The molecule has 2 rings (SSSR count). The maximum Gasteiger partial charge on any atom is 0.312 e. The lowest BCUT2D eigenvalue weighted by atomic mass is 9.99. The Hall–Kier alpha value is -2.37. The second-order valence-corrected chi connectivity index (χ2v) is 5.27. The Kier molecular flexibility index (Phi) is 4.26. The zero-order valence-corrected chi connectivity index (χ0v) is 12.2. The van der Waals surface area contributed by atoms with Crippen LogP contribution in [0.15, 0.2) is 30.3 Å². The average Bonchev–Trinajstić information content (AvgIpc) is 2.46. The molecule has 3 amide bonds. The van der Waals surface area contributed by atoms with Gasteiger partial charge in [0.25, 0.3) is 0 Å². The van der Waals surface area contributed by atoms with Crippen molar-refractivity contribution in [3.63, 3.8) is 0 Å². The van der Waals surface area contributed by atoms with Crippen LogP contribution in [0.5, 0.6) is 0 Å². The minimum atomic E-state index is -0.973. The summed E-state index contributed by atoms with van der Waals surface area (Å²) in [6, 6.07) is 8.84. The molecular weight excluding hydrogens is 270 g/mol. The predicted octanol–water partition coefficient (Wildman–Crippen LogP) is 0.292. The number of carbonyl (C=O) groups excluding carboxylic acids is 3. The Balaban J connectivity index is 2.36. The fraction of sp³-hybridized carbons (Fsp3) is 0.400. The highest BCUT2D eigenvalue weighted by Crippen LogP contribution is 2.28. The summed E-state index contributed by atoms with van der Waals surface area (Å²) in [6.45, 7) is 4.01. The van der Waals surface area contributed by atoms with E-state index >= 15 is 0 Å². The molecule has 0 saturated carbocycles. The predicted molar refractivity (Wildman–Crippen MR) is 76.9 cm³/mol. The van der Waals surface area contributed by atoms with Crippen LogP contribution in [0.4, 0.5) is 0 Å². The van der Waals surface area contributed by atoms with Gasteiger partial charge in [0.05, 0.1) is 6.04 Å². The zero-order valence-electron chi connectivity index (χ0n) is 12.2. The Labute approximate surface area is 123 Å². The molecule has 2 atom stereocenters. The van der Waals surface area contributed by atoms with Gasteiger partial charge in [0.15, 0.2) is 0 Å². The summed E-state index contributed by atoms with van der Waals surface area (Å²) in [5.41, 5.74) is 6.02. The maximum atomic E-state index is 12.1. The third kappa shape index (κ3) is 3.04. The van der Waals surface area contributed by atoms with Gasteiger partial charge in [0.2, 0.25) is 5.91 Å². The molecule has 0 aliphatic carbocycles. The molecular formula is C15H19N3O3. The molecule has 0 radical (unpaired) electrons. The van der Waals surface area contributed by atoms with Gasteiger partial charge in [-0.3, -0.25) is 14.4 Å². The summed E-state index contributed by atoms with van der Waals surface area (Å²) in [4.78, 5) is 38.2. The lowest BCUT2D eigenvalue weighted by Crippen LogP contribution is -2.58. The highest BCUT2D eigenvalue weighted by Gasteiger charge is 2.37. The Bertz CT molecular complexity index is 559. The van der Waals surface area contributed by atoms with Crippen molar-refractivity contribution in [2.75, 3.05) is 13.1 Å². The highest BCUT2D eigenvalue weighted by atomic mass is 16.2. The molecule has 1 saturated heterocycles. The SMILES string of the molecule is CC(=O)N1C[C@H](c2ccccc2)N(C(=O)C(N)=O)C[C@H]1C. The molecule has 0 unspecified atom stereocenters. The topological polar surface area (TPSA) is 83.7 Å². The van der Waals surface area contributed by atoms with Crippen molar-refractivity contribution < 1.29 is 14.4 Å². The number of nitrogens with two attached hydrogens (primary N) is 1. The smallest absolute Gasteiger partial charge is 0.312 e. The van der Waals surface area contributed by atoms with E-state index in [1.165, 1.54) is 11.8 Å². The van der Waals surface area contributed by atoms with E-state index in [0.717, 1.165) is 5.56 Å². The standard InChI is InChI=1S/C15H19N3O3/c1-10-8-18(15(21)14(16)20)13(9-17(10)11(2)19)12-6-4-3-5-7-12/h3-7,10,13H,8-9H2,1-2H3,(H2,16,20)/t10-,13-/m1/s1. The van der Waals surface area contributed by atoms with Crippen LogP contribution < -0.4 is 5.73 Å². The van der Waals surface area contributed by atoms with Crippen LogP contribution in [0.2, 0.25) is 0 Å². The molecule has 112 valence electrons. The lowest BCUT2D eigenvalue weighted by Gasteiger charge is -2.44. The highest BCUT2D eigenvalue weighted by molar-refractivity contribution is 6.34. The van der Waals surface area contributed by atoms with Gasteiger partial charge in [0, 0.05) is 26.1 Å². The van der Waals surface area contributed by atoms with Crippen LogP contribution in [-0.2, 0) is 14.4 Å². The van der Waals surface area contributed by atoms with Crippen molar-refractivity contribution in [1.29, 1.82) is 0 Å². The van der Waals surface area contributed by atoms with Crippen molar-refractivity contribution in [2.45, 2.75) is 25.9 Å². The first-order valence-electron chi connectivity index (χ1n) is 6.84. The van der Waals surface area contributed by atoms with Gasteiger partial charge >= 0.3 is 11.8 Å². The summed E-state index contributed by atoms with van der Waals surface area (Å²) in [7, 11) is 0. The van der Waals surface area contributed by atoms with E-state index in [0.29, 0.717) is 13.1 Å². The molecule has 0 bridgehead atoms. The number of primary amides is 1. The van der Waals surface area contributed by atoms with Crippen molar-refractivity contribution in [1.82, 2.24) is 9.80 Å². The molecule has 0 aromatic heterocycles. The number of benzene rings is 1. The molecule has 1 aromatic carbocycles. The van der Waals surface area contributed by atoms with Gasteiger partial charge in [-0.25, -0.2) is 0 Å². The first kappa shape index (κ1) is 15.0. The number of hydrogen-bond donors (Lipinski definition) is 1. The van der Waals surface area contributed by atoms with Crippen LogP contribution in [0.3, 0.4) is 0 Å². The van der Waals surface area contributed by atoms with Crippen LogP contribution >= 0.6 is 0 Å². The second-order valence-electron chi connectivity index (χ2n) is 5.27. The molecule has 2 N–H and O–H groups in total. The van der Waals surface area contributed by atoms with E-state index < -0.39 is 11.8 Å². The summed E-state index contributed by atoms with van der Waals surface area (Å²) in [5, 5.41) is 0. The molecule has 1 fully saturated rings. The number of amides is 3. The van der Waals surface area contributed by atoms with Crippen molar-refractivity contribution in [2.24, 2.45) is 5.73 Å². The average molecular weight is 289 g/mol. The number of rotatable bonds is 1. The zero-order chi connectivity index (χ0) is 15.6. The van der Waals surface area contributed by atoms with E-state index in [9.17, 15) is 14.4 Å². The fourth-order valence-electron chi connectivity index (χ4n) is 2.74. The largest absolute Gasteiger partial charge is 0.361 e. The van der Waals surface area contributed by atoms with E-state index in [1.54, 1.807) is 4.90 Å². The van der Waals surface area contributed by atoms with Gasteiger partial charge in [-0.1, -0.05) is 30.3 Å². The molecule has 1 aliphatic rings. The van der Waals surface area contributed by atoms with Crippen LogP contribution in [0.1, 0.15) is 25.5 Å². The van der Waals surface area contributed by atoms with Gasteiger partial charge < -0.3 is 15.5 Å². The minimum Gasteiger partial charge on any atom is -0.361 e. The number of piperazine rings is 1. The van der Waals surface area contributed by atoms with E-state index in [4.69, 9.17) is 5.73 Å². The van der Waals surface area contributed by atoms with Crippen LogP contribution in [0.25, 0.3) is 0 Å². The fourth-order valence-corrected chi connectivity index (χ4v) is 2.74. The van der Waals surface area contributed by atoms with E-state index in [-0.39, 0.29) is 18.0 Å². The van der Waals surface area contributed by atoms with Crippen LogP contribution in [0, 0.1) is 0 Å². The monoisotopic (exact) mass is 289 g/mol. The van der Waals surface area contributed by atoms with Crippen molar-refractivity contribution in [3.8, 4) is 0 Å². The minimum absolute atomic E-state index is 0.0467. The summed E-state index contributed by atoms with van der Waals surface area (Å²) < 4.78 is 0. The molecule has 6 nitrogen and oxygen atoms in total. The van der Waals surface area contributed by atoms with Crippen molar-refractivity contribution >= 4 is 17.7 Å². The maximum absolute atomic E-state index is 12.1. The Morgan fingerprint density at radius 3 is 2.24 bits per heavy atom. The molecule has 6 heteroatoms. The quantitative estimate of drug-likeness (QED) is 0.754. The Morgan fingerprint density at radius 2 is 1.71 bits per heavy atom. The summed E-state index contributed by atoms with van der Waals surface area (Å²) >= 11 is 0. The Morgan fingerprint density at radius 1 is 1.10 bits per heavy atom. The molecule has 1 aromatic rings. The molecule has 21 heavy (non-hydrogen) atoms. The third-order valence-electron chi connectivity index (χ3n) is 3.80. The van der Waals surface area contributed by atoms with Gasteiger partial charge in [-0.2, -0.15) is 0 Å². The van der Waals surface area contributed by atoms with Crippen molar-refractivity contribution in [3.05, 3.63) is 35.9 Å². The van der Waals surface area contributed by atoms with E-state index in [2.05, 4.69) is 0 Å². The first-order chi connectivity index (χ1) is 9.91. The molecule has 1 heterocycles. The first-order valence-corrected chi connectivity index (χ1v) is 6.84. The lowest BCUT2D eigenvalue weighted by molar-refractivity contribution is -0.151. The van der Waals surface area contributed by atoms with Gasteiger partial charge in [0.1, 0.15) is 0 Å².